The minimum Gasteiger partial charge on any atom is -0.492 e. The number of nitrogens with zero attached hydrogens (tertiary/aromatic N) is 2. The first-order valence-electron chi connectivity index (χ1n) is 11.8. The summed E-state index contributed by atoms with van der Waals surface area (Å²) in [6.45, 7) is 2.11. The molecule has 1 amide bonds. The monoisotopic (exact) mass is 551 g/mol. The number of carbonyl (C=O) groups is 1. The van der Waals surface area contributed by atoms with Gasteiger partial charge in [-0.05, 0) is 48.0 Å². The highest BCUT2D eigenvalue weighted by atomic mass is 35.5. The molecule has 3 aliphatic heterocycles. The van der Waals surface area contributed by atoms with Gasteiger partial charge in [0.2, 0.25) is 15.9 Å². The second kappa shape index (κ2) is 10.1. The Bertz CT molecular complexity index is 1340. The number of rotatable bonds is 7. The van der Waals surface area contributed by atoms with Gasteiger partial charge in [-0.15, -0.1) is 0 Å². The fourth-order valence-electron chi connectivity index (χ4n) is 4.95. The third-order valence-electron chi connectivity index (χ3n) is 6.79. The van der Waals surface area contributed by atoms with Crippen molar-refractivity contribution in [3.05, 3.63) is 57.9 Å². The van der Waals surface area contributed by atoms with Crippen LogP contribution in [0.1, 0.15) is 11.5 Å². The predicted octanol–water partition coefficient (Wildman–Crippen LogP) is 2.41. The van der Waals surface area contributed by atoms with Crippen LogP contribution in [0, 0.1) is 5.82 Å². The number of halogens is 2. The van der Waals surface area contributed by atoms with Crippen LogP contribution in [-0.2, 0) is 14.8 Å². The summed E-state index contributed by atoms with van der Waals surface area (Å²) >= 11 is 6.17. The van der Waals surface area contributed by atoms with Gasteiger partial charge >= 0.3 is 0 Å². The molecule has 0 saturated carbocycles. The molecule has 3 aliphatic rings. The van der Waals surface area contributed by atoms with E-state index in [9.17, 15) is 17.6 Å². The zero-order valence-electron chi connectivity index (χ0n) is 20.4. The first-order valence-corrected chi connectivity index (χ1v) is 13.6. The topological polar surface area (TPSA) is 97.4 Å². The maximum absolute atomic E-state index is 14.5. The molecule has 12 heteroatoms. The van der Waals surface area contributed by atoms with Gasteiger partial charge in [0.05, 0.1) is 22.9 Å². The van der Waals surface area contributed by atoms with Gasteiger partial charge in [0, 0.05) is 38.8 Å². The average Bonchev–Trinajstić information content (AvgIpc) is 3.47. The molecule has 9 nitrogen and oxygen atoms in total. The molecule has 2 aromatic carbocycles. The third kappa shape index (κ3) is 4.76. The highest BCUT2D eigenvalue weighted by Crippen LogP contribution is 2.37. The van der Waals surface area contributed by atoms with Crippen molar-refractivity contribution in [3.63, 3.8) is 0 Å². The van der Waals surface area contributed by atoms with Crippen molar-refractivity contribution < 1.29 is 31.8 Å². The van der Waals surface area contributed by atoms with Crippen LogP contribution in [0.25, 0.3) is 0 Å². The summed E-state index contributed by atoms with van der Waals surface area (Å²) in [5.41, 5.74) is 2.24. The number of likely N-dealkylation sites (N-methyl/N-ethyl adjacent to an activating group) is 1. The lowest BCUT2D eigenvalue weighted by Gasteiger charge is -2.27. The smallest absolute Gasteiger partial charge is 0.243 e. The van der Waals surface area contributed by atoms with Crippen LogP contribution in [0.2, 0.25) is 5.02 Å². The van der Waals surface area contributed by atoms with E-state index < -0.39 is 21.8 Å². The number of ether oxygens (including phenoxy) is 3. The number of fused-ring (bicyclic) bond motifs is 1. The molecule has 0 aliphatic carbocycles. The van der Waals surface area contributed by atoms with Crippen molar-refractivity contribution in [1.82, 2.24) is 14.5 Å². The van der Waals surface area contributed by atoms with Crippen LogP contribution in [-0.4, -0.2) is 83.6 Å². The molecular weight excluding hydrogens is 525 g/mol. The Balaban J connectivity index is 1.29. The highest BCUT2D eigenvalue weighted by molar-refractivity contribution is 7.89. The molecule has 37 heavy (non-hydrogen) atoms. The van der Waals surface area contributed by atoms with Gasteiger partial charge in [-0.25, -0.2) is 12.8 Å². The summed E-state index contributed by atoms with van der Waals surface area (Å²) in [4.78, 5) is 15.3. The van der Waals surface area contributed by atoms with Crippen LogP contribution in [0.15, 0.2) is 46.4 Å². The van der Waals surface area contributed by atoms with Gasteiger partial charge in [-0.1, -0.05) is 11.6 Å². The lowest BCUT2D eigenvalue weighted by Crippen LogP contribution is -2.40. The van der Waals surface area contributed by atoms with Gasteiger partial charge < -0.3 is 24.4 Å². The Hall–Kier alpha value is -2.86. The van der Waals surface area contributed by atoms with E-state index in [1.165, 1.54) is 29.6 Å². The van der Waals surface area contributed by atoms with E-state index in [2.05, 4.69) is 5.32 Å². The summed E-state index contributed by atoms with van der Waals surface area (Å²) < 4.78 is 58.5. The predicted molar refractivity (Wildman–Crippen MR) is 134 cm³/mol. The van der Waals surface area contributed by atoms with E-state index in [-0.39, 0.29) is 41.2 Å². The van der Waals surface area contributed by atoms with E-state index in [1.54, 1.807) is 24.1 Å². The highest BCUT2D eigenvalue weighted by Gasteiger charge is 2.39. The SMILES string of the molecule is CNCC(C(=O)N1CC2=C(C1)CN(S(=O)(=O)c1ccc3c(c1)OCCO3)C2)c1cc(F)c(OC)c(Cl)c1. The lowest BCUT2D eigenvalue weighted by atomic mass is 9.97. The van der Waals surface area contributed by atoms with E-state index in [1.807, 2.05) is 0 Å². The van der Waals surface area contributed by atoms with Gasteiger partial charge in [-0.3, -0.25) is 4.79 Å². The van der Waals surface area contributed by atoms with Gasteiger partial charge in [0.1, 0.15) is 13.2 Å². The first-order chi connectivity index (χ1) is 17.7. The van der Waals surface area contributed by atoms with Crippen LogP contribution >= 0.6 is 11.6 Å². The Kier molecular flexibility index (Phi) is 7.06. The quantitative estimate of drug-likeness (QED) is 0.528. The van der Waals surface area contributed by atoms with Crippen LogP contribution in [0.4, 0.5) is 4.39 Å². The average molecular weight is 552 g/mol. The molecule has 0 saturated heterocycles. The van der Waals surface area contributed by atoms with E-state index in [4.69, 9.17) is 25.8 Å². The summed E-state index contributed by atoms with van der Waals surface area (Å²) in [7, 11) is -0.720. The maximum atomic E-state index is 14.5. The van der Waals surface area contributed by atoms with Gasteiger partial charge in [0.15, 0.2) is 23.1 Å². The second-order valence-electron chi connectivity index (χ2n) is 9.11. The summed E-state index contributed by atoms with van der Waals surface area (Å²) in [5.74, 6) is -0.626. The molecule has 0 fully saturated rings. The molecule has 0 aromatic heterocycles. The zero-order valence-corrected chi connectivity index (χ0v) is 22.0. The first kappa shape index (κ1) is 25.8. The number of nitrogens with one attached hydrogen (secondary N) is 1. The van der Waals surface area contributed by atoms with Crippen molar-refractivity contribution in [2.45, 2.75) is 10.8 Å². The Labute approximate surface area is 219 Å². The molecule has 2 aromatic rings. The van der Waals surface area contributed by atoms with Crippen molar-refractivity contribution in [1.29, 1.82) is 0 Å². The molecule has 3 heterocycles. The molecule has 198 valence electrons. The molecule has 0 spiro atoms. The molecule has 1 unspecified atom stereocenters. The lowest BCUT2D eigenvalue weighted by molar-refractivity contribution is -0.131. The van der Waals surface area contributed by atoms with Crippen molar-refractivity contribution in [2.75, 3.05) is 60.1 Å². The normalized spacial score (nSPS) is 18.2. The Morgan fingerprint density at radius 2 is 1.78 bits per heavy atom. The Morgan fingerprint density at radius 1 is 1.11 bits per heavy atom. The van der Waals surface area contributed by atoms with E-state index in [0.29, 0.717) is 43.4 Å². The number of amides is 1. The summed E-state index contributed by atoms with van der Waals surface area (Å²) in [6.07, 6.45) is 0. The number of benzene rings is 2. The van der Waals surface area contributed by atoms with Gasteiger partial charge in [0.25, 0.3) is 0 Å². The number of hydrogen-bond acceptors (Lipinski definition) is 7. The molecule has 1 atom stereocenters. The molecule has 0 radical (unpaired) electrons. The second-order valence-corrected chi connectivity index (χ2v) is 11.5. The minimum atomic E-state index is -3.76. The Morgan fingerprint density at radius 3 is 2.41 bits per heavy atom. The fraction of sp³-hybridized carbons (Fsp3) is 0.400. The minimum absolute atomic E-state index is 0.0674. The van der Waals surface area contributed by atoms with Crippen molar-refractivity contribution in [2.24, 2.45) is 0 Å². The van der Waals surface area contributed by atoms with Crippen molar-refractivity contribution >= 4 is 27.5 Å². The molecule has 0 bridgehead atoms. The molecule has 1 N–H and O–H groups in total. The maximum Gasteiger partial charge on any atom is 0.243 e. The summed E-state index contributed by atoms with van der Waals surface area (Å²) in [6, 6.07) is 7.43. The van der Waals surface area contributed by atoms with E-state index >= 15 is 0 Å². The largest absolute Gasteiger partial charge is 0.492 e. The summed E-state index contributed by atoms with van der Waals surface area (Å²) in [5, 5.41) is 3.08. The van der Waals surface area contributed by atoms with E-state index in [0.717, 1.165) is 11.1 Å². The zero-order chi connectivity index (χ0) is 26.3. The van der Waals surface area contributed by atoms with Crippen LogP contribution in [0.5, 0.6) is 17.2 Å². The fourth-order valence-corrected chi connectivity index (χ4v) is 6.69. The number of sulfonamides is 1. The number of methoxy groups -OCH3 is 1. The third-order valence-corrected chi connectivity index (χ3v) is 8.86. The van der Waals surface area contributed by atoms with Gasteiger partial charge in [-0.2, -0.15) is 4.31 Å². The van der Waals surface area contributed by atoms with Crippen molar-refractivity contribution in [3.8, 4) is 17.2 Å². The number of hydrogen-bond donors (Lipinski definition) is 1. The van der Waals surface area contributed by atoms with Crippen LogP contribution < -0.4 is 19.5 Å². The molecule has 5 rings (SSSR count). The van der Waals surface area contributed by atoms with Crippen LogP contribution in [0.3, 0.4) is 0 Å². The number of carbonyl (C=O) groups excluding carboxylic acids is 1. The molecular formula is C25H27ClFN3O6S. The standard InChI is InChI=1S/C25H27ClFN3O6S/c1-28-10-19(15-7-20(26)24(34-2)21(27)8-15)25(31)29-11-16-13-30(14-17(16)12-29)37(32,33)18-3-4-22-23(9-18)36-6-5-35-22/h3-4,7-9,19,28H,5-6,10-14H2,1-2H3.